The average molecular weight is 239 g/mol. The van der Waals surface area contributed by atoms with Crippen LogP contribution in [0.1, 0.15) is 31.7 Å². The molecule has 1 rings (SSSR count). The van der Waals surface area contributed by atoms with E-state index in [-0.39, 0.29) is 0 Å². The fourth-order valence-electron chi connectivity index (χ4n) is 1.95. The van der Waals surface area contributed by atoms with Crippen molar-refractivity contribution in [1.82, 2.24) is 15.1 Å². The van der Waals surface area contributed by atoms with Crippen LogP contribution < -0.4 is 5.32 Å². The van der Waals surface area contributed by atoms with E-state index in [1.807, 2.05) is 31.9 Å². The Morgan fingerprint density at radius 1 is 1.47 bits per heavy atom. The van der Waals surface area contributed by atoms with Crippen molar-refractivity contribution in [3.63, 3.8) is 0 Å². The molecule has 0 aromatic carbocycles. The summed E-state index contributed by atoms with van der Waals surface area (Å²) in [7, 11) is 4.00. The molecule has 0 saturated carbocycles. The summed E-state index contributed by atoms with van der Waals surface area (Å²) in [6.07, 6.45) is 8.60. The Morgan fingerprint density at radius 2 is 2.29 bits per heavy atom. The van der Waals surface area contributed by atoms with Crippen molar-refractivity contribution in [2.75, 3.05) is 20.3 Å². The normalized spacial score (nSPS) is 12.9. The van der Waals surface area contributed by atoms with Crippen LogP contribution in [0.25, 0.3) is 0 Å². The molecule has 0 saturated heterocycles. The van der Waals surface area contributed by atoms with E-state index in [1.165, 1.54) is 12.0 Å². The maximum Gasteiger partial charge on any atom is 0.0521 e. The second-order valence-corrected chi connectivity index (χ2v) is 4.39. The van der Waals surface area contributed by atoms with Gasteiger partial charge in [-0.15, -0.1) is 0 Å². The summed E-state index contributed by atoms with van der Waals surface area (Å²) < 4.78 is 7.21. The van der Waals surface area contributed by atoms with E-state index >= 15 is 0 Å². The summed E-state index contributed by atoms with van der Waals surface area (Å²) in [6, 6.07) is 0.579. The number of aromatic nitrogens is 2. The molecule has 4 heteroatoms. The second-order valence-electron chi connectivity index (χ2n) is 4.39. The first kappa shape index (κ1) is 14.2. The standard InChI is InChI=1S/C13H25N3O/c1-4-17-9-5-6-13(14-2)8-7-12-10-15-16(3)11-12/h10-11,13-14H,4-9H2,1-3H3. The van der Waals surface area contributed by atoms with Gasteiger partial charge in [-0.25, -0.2) is 0 Å². The van der Waals surface area contributed by atoms with Gasteiger partial charge in [-0.05, 0) is 45.2 Å². The van der Waals surface area contributed by atoms with Crippen LogP contribution in [0, 0.1) is 0 Å². The Bertz CT molecular complexity index is 299. The van der Waals surface area contributed by atoms with Gasteiger partial charge in [0.15, 0.2) is 0 Å². The van der Waals surface area contributed by atoms with Crippen LogP contribution in [-0.4, -0.2) is 36.1 Å². The highest BCUT2D eigenvalue weighted by Gasteiger charge is 2.06. The van der Waals surface area contributed by atoms with E-state index in [4.69, 9.17) is 4.74 Å². The average Bonchev–Trinajstić information content (AvgIpc) is 2.74. The van der Waals surface area contributed by atoms with Crippen molar-refractivity contribution < 1.29 is 4.74 Å². The van der Waals surface area contributed by atoms with Crippen molar-refractivity contribution in [1.29, 1.82) is 0 Å². The highest BCUT2D eigenvalue weighted by molar-refractivity contribution is 5.03. The predicted molar refractivity (Wildman–Crippen MR) is 70.1 cm³/mol. The smallest absolute Gasteiger partial charge is 0.0521 e. The second kappa shape index (κ2) is 8.25. The maximum atomic E-state index is 5.35. The molecule has 1 atom stereocenters. The minimum atomic E-state index is 0.579. The highest BCUT2D eigenvalue weighted by Crippen LogP contribution is 2.08. The number of ether oxygens (including phenoxy) is 1. The van der Waals surface area contributed by atoms with Gasteiger partial charge in [-0.3, -0.25) is 4.68 Å². The molecule has 0 aliphatic carbocycles. The first-order valence-corrected chi connectivity index (χ1v) is 6.48. The molecule has 4 nitrogen and oxygen atoms in total. The SMILES string of the molecule is CCOCCCC(CCc1cnn(C)c1)NC. The third kappa shape index (κ3) is 5.84. The van der Waals surface area contributed by atoms with Gasteiger partial charge in [0.2, 0.25) is 0 Å². The van der Waals surface area contributed by atoms with E-state index in [9.17, 15) is 0 Å². The summed E-state index contributed by atoms with van der Waals surface area (Å²) in [5, 5.41) is 7.56. The Morgan fingerprint density at radius 3 is 2.88 bits per heavy atom. The van der Waals surface area contributed by atoms with E-state index in [1.54, 1.807) is 0 Å². The van der Waals surface area contributed by atoms with Crippen molar-refractivity contribution in [3.8, 4) is 0 Å². The van der Waals surface area contributed by atoms with Gasteiger partial charge in [0.1, 0.15) is 0 Å². The summed E-state index contributed by atoms with van der Waals surface area (Å²) >= 11 is 0. The van der Waals surface area contributed by atoms with Crippen LogP contribution in [0.2, 0.25) is 0 Å². The van der Waals surface area contributed by atoms with Crippen molar-refractivity contribution in [2.24, 2.45) is 7.05 Å². The van der Waals surface area contributed by atoms with Gasteiger partial charge < -0.3 is 10.1 Å². The summed E-state index contributed by atoms with van der Waals surface area (Å²) in [4.78, 5) is 0. The predicted octanol–water partition coefficient (Wildman–Crippen LogP) is 1.76. The maximum absolute atomic E-state index is 5.35. The first-order valence-electron chi connectivity index (χ1n) is 6.48. The molecular weight excluding hydrogens is 214 g/mol. The minimum absolute atomic E-state index is 0.579. The number of hydrogen-bond acceptors (Lipinski definition) is 3. The number of hydrogen-bond donors (Lipinski definition) is 1. The largest absolute Gasteiger partial charge is 0.382 e. The molecule has 1 unspecified atom stereocenters. The zero-order chi connectivity index (χ0) is 12.5. The Balaban J connectivity index is 2.18. The molecule has 0 aliphatic heterocycles. The van der Waals surface area contributed by atoms with Crippen LogP contribution in [0.4, 0.5) is 0 Å². The number of rotatable bonds is 9. The first-order chi connectivity index (χ1) is 8.26. The molecule has 1 aromatic rings. The zero-order valence-electron chi connectivity index (χ0n) is 11.3. The molecule has 0 bridgehead atoms. The van der Waals surface area contributed by atoms with Gasteiger partial charge in [-0.2, -0.15) is 5.10 Å². The molecule has 17 heavy (non-hydrogen) atoms. The van der Waals surface area contributed by atoms with Crippen molar-refractivity contribution in [3.05, 3.63) is 18.0 Å². The molecule has 0 fully saturated rings. The van der Waals surface area contributed by atoms with Crippen LogP contribution in [0.3, 0.4) is 0 Å². The van der Waals surface area contributed by atoms with Gasteiger partial charge in [-0.1, -0.05) is 0 Å². The van der Waals surface area contributed by atoms with Crippen LogP contribution in [0.5, 0.6) is 0 Å². The molecular formula is C13H25N3O. The lowest BCUT2D eigenvalue weighted by molar-refractivity contribution is 0.140. The number of nitrogens with zero attached hydrogens (tertiary/aromatic N) is 2. The van der Waals surface area contributed by atoms with Crippen molar-refractivity contribution >= 4 is 0 Å². The zero-order valence-corrected chi connectivity index (χ0v) is 11.3. The summed E-state index contributed by atoms with van der Waals surface area (Å²) in [6.45, 7) is 3.74. The molecule has 0 spiro atoms. The Kier molecular flexibility index (Phi) is 6.89. The fraction of sp³-hybridized carbons (Fsp3) is 0.769. The van der Waals surface area contributed by atoms with E-state index < -0.39 is 0 Å². The molecule has 98 valence electrons. The summed E-state index contributed by atoms with van der Waals surface area (Å²) in [5.74, 6) is 0. The molecule has 0 radical (unpaired) electrons. The Hall–Kier alpha value is -0.870. The van der Waals surface area contributed by atoms with Gasteiger partial charge in [0.25, 0.3) is 0 Å². The van der Waals surface area contributed by atoms with Crippen LogP contribution >= 0.6 is 0 Å². The van der Waals surface area contributed by atoms with Crippen LogP contribution in [-0.2, 0) is 18.2 Å². The topological polar surface area (TPSA) is 39.1 Å². The monoisotopic (exact) mass is 239 g/mol. The Labute approximate surface area is 104 Å². The van der Waals surface area contributed by atoms with Gasteiger partial charge in [0.05, 0.1) is 6.20 Å². The molecule has 0 amide bonds. The lowest BCUT2D eigenvalue weighted by Crippen LogP contribution is -2.26. The number of nitrogens with one attached hydrogen (secondary N) is 1. The number of aryl methyl sites for hydroxylation is 2. The van der Waals surface area contributed by atoms with E-state index in [0.717, 1.165) is 32.5 Å². The third-order valence-corrected chi connectivity index (χ3v) is 2.99. The molecule has 1 heterocycles. The lowest BCUT2D eigenvalue weighted by atomic mass is 10.0. The van der Waals surface area contributed by atoms with E-state index in [2.05, 4.69) is 16.6 Å². The van der Waals surface area contributed by atoms with Gasteiger partial charge in [0, 0.05) is 32.5 Å². The minimum Gasteiger partial charge on any atom is -0.382 e. The fourth-order valence-corrected chi connectivity index (χ4v) is 1.95. The van der Waals surface area contributed by atoms with Crippen molar-refractivity contribution in [2.45, 2.75) is 38.6 Å². The summed E-state index contributed by atoms with van der Waals surface area (Å²) in [5.41, 5.74) is 1.32. The quantitative estimate of drug-likeness (QED) is 0.667. The molecule has 0 aliphatic rings. The van der Waals surface area contributed by atoms with E-state index in [0.29, 0.717) is 6.04 Å². The lowest BCUT2D eigenvalue weighted by Gasteiger charge is -2.15. The third-order valence-electron chi connectivity index (χ3n) is 2.99. The van der Waals surface area contributed by atoms with Gasteiger partial charge >= 0.3 is 0 Å². The van der Waals surface area contributed by atoms with Crippen LogP contribution in [0.15, 0.2) is 12.4 Å². The molecule has 1 N–H and O–H groups in total. The molecule has 1 aromatic heterocycles. The highest BCUT2D eigenvalue weighted by atomic mass is 16.5.